The summed E-state index contributed by atoms with van der Waals surface area (Å²) in [6.45, 7) is 1.70. The first-order chi connectivity index (χ1) is 8.16. The molecule has 0 aliphatic rings. The number of nitro benzene ring substituents is 1. The quantitative estimate of drug-likeness (QED) is 0.646. The molecule has 17 heavy (non-hydrogen) atoms. The fourth-order valence-electron chi connectivity index (χ4n) is 1.38. The standard InChI is InChI=1S/C11H10N4O2/c1-8-3-4-9(7-10(8)15(16)17)14-11-12-5-2-6-13-11/h2-7H,1H3,(H,12,13,14). The summed E-state index contributed by atoms with van der Waals surface area (Å²) < 4.78 is 0. The highest BCUT2D eigenvalue weighted by atomic mass is 16.6. The summed E-state index contributed by atoms with van der Waals surface area (Å²) in [6, 6.07) is 6.59. The molecule has 1 N–H and O–H groups in total. The molecule has 6 nitrogen and oxygen atoms in total. The number of hydrogen-bond acceptors (Lipinski definition) is 5. The van der Waals surface area contributed by atoms with E-state index in [1.165, 1.54) is 6.07 Å². The van der Waals surface area contributed by atoms with E-state index in [0.717, 1.165) is 0 Å². The number of aromatic nitrogens is 2. The molecule has 0 unspecified atom stereocenters. The summed E-state index contributed by atoms with van der Waals surface area (Å²) in [6.07, 6.45) is 3.19. The monoisotopic (exact) mass is 230 g/mol. The Morgan fingerprint density at radius 3 is 2.65 bits per heavy atom. The molecule has 0 saturated heterocycles. The molecule has 1 aromatic carbocycles. The van der Waals surface area contributed by atoms with Crippen LogP contribution in [0.1, 0.15) is 5.56 Å². The van der Waals surface area contributed by atoms with Crippen LogP contribution in [-0.4, -0.2) is 14.9 Å². The lowest BCUT2D eigenvalue weighted by atomic mass is 10.2. The second-order valence-corrected chi connectivity index (χ2v) is 3.46. The minimum absolute atomic E-state index is 0.0749. The summed E-state index contributed by atoms with van der Waals surface area (Å²) in [5.41, 5.74) is 1.29. The summed E-state index contributed by atoms with van der Waals surface area (Å²) >= 11 is 0. The molecule has 0 aliphatic heterocycles. The van der Waals surface area contributed by atoms with Crippen LogP contribution in [0.25, 0.3) is 0 Å². The van der Waals surface area contributed by atoms with Crippen molar-refractivity contribution in [2.24, 2.45) is 0 Å². The molecule has 2 aromatic rings. The maximum Gasteiger partial charge on any atom is 0.274 e. The summed E-state index contributed by atoms with van der Waals surface area (Å²) in [7, 11) is 0. The third-order valence-electron chi connectivity index (χ3n) is 2.23. The highest BCUT2D eigenvalue weighted by Gasteiger charge is 2.11. The van der Waals surface area contributed by atoms with Crippen LogP contribution in [0.3, 0.4) is 0 Å². The average Bonchev–Trinajstić information content (AvgIpc) is 2.32. The van der Waals surface area contributed by atoms with Gasteiger partial charge in [0.25, 0.3) is 5.69 Å². The number of nitrogens with zero attached hydrogens (tertiary/aromatic N) is 3. The van der Waals surface area contributed by atoms with Crippen molar-refractivity contribution in [1.29, 1.82) is 0 Å². The third-order valence-corrected chi connectivity index (χ3v) is 2.23. The summed E-state index contributed by atoms with van der Waals surface area (Å²) in [5.74, 6) is 0.408. The topological polar surface area (TPSA) is 81.0 Å². The first kappa shape index (κ1) is 11.0. The van der Waals surface area contributed by atoms with Gasteiger partial charge in [-0.25, -0.2) is 9.97 Å². The van der Waals surface area contributed by atoms with Crippen molar-refractivity contribution in [1.82, 2.24) is 9.97 Å². The van der Waals surface area contributed by atoms with Crippen molar-refractivity contribution in [2.45, 2.75) is 6.92 Å². The van der Waals surface area contributed by atoms with E-state index >= 15 is 0 Å². The van der Waals surface area contributed by atoms with Gasteiger partial charge in [-0.15, -0.1) is 0 Å². The smallest absolute Gasteiger partial charge is 0.274 e. The van der Waals surface area contributed by atoms with E-state index in [9.17, 15) is 10.1 Å². The van der Waals surface area contributed by atoms with Gasteiger partial charge in [0.15, 0.2) is 0 Å². The second-order valence-electron chi connectivity index (χ2n) is 3.46. The van der Waals surface area contributed by atoms with E-state index < -0.39 is 4.92 Å². The number of aryl methyl sites for hydroxylation is 1. The number of anilines is 2. The van der Waals surface area contributed by atoms with Crippen molar-refractivity contribution in [3.05, 3.63) is 52.3 Å². The van der Waals surface area contributed by atoms with Gasteiger partial charge >= 0.3 is 0 Å². The van der Waals surface area contributed by atoms with Crippen LogP contribution in [0.2, 0.25) is 0 Å². The first-order valence-corrected chi connectivity index (χ1v) is 4.96. The lowest BCUT2D eigenvalue weighted by Crippen LogP contribution is -1.98. The molecule has 2 rings (SSSR count). The van der Waals surface area contributed by atoms with E-state index in [4.69, 9.17) is 0 Å². The van der Waals surface area contributed by atoms with Gasteiger partial charge in [-0.2, -0.15) is 0 Å². The van der Waals surface area contributed by atoms with Crippen molar-refractivity contribution in [2.75, 3.05) is 5.32 Å². The Labute approximate surface area is 97.5 Å². The van der Waals surface area contributed by atoms with Crippen molar-refractivity contribution in [3.63, 3.8) is 0 Å². The Morgan fingerprint density at radius 2 is 2.00 bits per heavy atom. The van der Waals surface area contributed by atoms with Gasteiger partial charge < -0.3 is 5.32 Å². The van der Waals surface area contributed by atoms with Gasteiger partial charge in [0.05, 0.1) is 4.92 Å². The molecule has 1 aromatic heterocycles. The molecular weight excluding hydrogens is 220 g/mol. The average molecular weight is 230 g/mol. The second kappa shape index (κ2) is 4.56. The van der Waals surface area contributed by atoms with E-state index in [0.29, 0.717) is 17.2 Å². The van der Waals surface area contributed by atoms with Crippen molar-refractivity contribution < 1.29 is 4.92 Å². The predicted octanol–water partition coefficient (Wildman–Crippen LogP) is 2.44. The molecule has 1 heterocycles. The minimum Gasteiger partial charge on any atom is -0.324 e. The number of benzene rings is 1. The molecular formula is C11H10N4O2. The van der Waals surface area contributed by atoms with Crippen LogP contribution in [0, 0.1) is 17.0 Å². The Balaban J connectivity index is 2.29. The number of rotatable bonds is 3. The Hall–Kier alpha value is -2.50. The molecule has 6 heteroatoms. The predicted molar refractivity (Wildman–Crippen MR) is 63.1 cm³/mol. The van der Waals surface area contributed by atoms with Crippen LogP contribution in [0.15, 0.2) is 36.7 Å². The van der Waals surface area contributed by atoms with E-state index in [2.05, 4.69) is 15.3 Å². The lowest BCUT2D eigenvalue weighted by Gasteiger charge is -2.04. The molecule has 0 bridgehead atoms. The largest absolute Gasteiger partial charge is 0.324 e. The minimum atomic E-state index is -0.410. The third kappa shape index (κ3) is 2.54. The highest BCUT2D eigenvalue weighted by Crippen LogP contribution is 2.23. The van der Waals surface area contributed by atoms with Crippen LogP contribution in [-0.2, 0) is 0 Å². The zero-order valence-corrected chi connectivity index (χ0v) is 9.12. The molecule has 0 spiro atoms. The van der Waals surface area contributed by atoms with Gasteiger partial charge in [-0.1, -0.05) is 6.07 Å². The number of nitro groups is 1. The van der Waals surface area contributed by atoms with Crippen LogP contribution in [0.4, 0.5) is 17.3 Å². The number of nitrogens with one attached hydrogen (secondary N) is 1. The zero-order chi connectivity index (χ0) is 12.3. The van der Waals surface area contributed by atoms with Crippen LogP contribution >= 0.6 is 0 Å². The molecule has 0 fully saturated rings. The maximum absolute atomic E-state index is 10.8. The van der Waals surface area contributed by atoms with Crippen LogP contribution in [0.5, 0.6) is 0 Å². The fraction of sp³-hybridized carbons (Fsp3) is 0.0909. The fourth-order valence-corrected chi connectivity index (χ4v) is 1.38. The summed E-state index contributed by atoms with van der Waals surface area (Å²) in [4.78, 5) is 18.3. The molecule has 0 saturated carbocycles. The molecule has 86 valence electrons. The Bertz CT molecular complexity index is 542. The van der Waals surface area contributed by atoms with E-state index in [1.807, 2.05) is 0 Å². The molecule has 0 aliphatic carbocycles. The first-order valence-electron chi connectivity index (χ1n) is 4.96. The summed E-state index contributed by atoms with van der Waals surface area (Å²) in [5, 5.41) is 13.7. The van der Waals surface area contributed by atoms with Crippen molar-refractivity contribution in [3.8, 4) is 0 Å². The molecule has 0 radical (unpaired) electrons. The van der Waals surface area contributed by atoms with Gasteiger partial charge in [0.2, 0.25) is 5.95 Å². The highest BCUT2D eigenvalue weighted by molar-refractivity contribution is 5.59. The van der Waals surface area contributed by atoms with Crippen LogP contribution < -0.4 is 5.32 Å². The van der Waals surface area contributed by atoms with Gasteiger partial charge in [0.1, 0.15) is 0 Å². The SMILES string of the molecule is Cc1ccc(Nc2ncccn2)cc1[N+](=O)[O-]. The van der Waals surface area contributed by atoms with Gasteiger partial charge in [-0.05, 0) is 19.1 Å². The van der Waals surface area contributed by atoms with Crippen molar-refractivity contribution >= 4 is 17.3 Å². The normalized spacial score (nSPS) is 9.94. The Kier molecular flexibility index (Phi) is 2.95. The zero-order valence-electron chi connectivity index (χ0n) is 9.12. The molecule has 0 atom stereocenters. The van der Waals surface area contributed by atoms with E-state index in [-0.39, 0.29) is 5.69 Å². The number of hydrogen-bond donors (Lipinski definition) is 1. The van der Waals surface area contributed by atoms with Gasteiger partial charge in [0, 0.05) is 29.7 Å². The van der Waals surface area contributed by atoms with Gasteiger partial charge in [-0.3, -0.25) is 10.1 Å². The lowest BCUT2D eigenvalue weighted by molar-refractivity contribution is -0.385. The Morgan fingerprint density at radius 1 is 1.29 bits per heavy atom. The maximum atomic E-state index is 10.8. The molecule has 0 amide bonds. The van der Waals surface area contributed by atoms with E-state index in [1.54, 1.807) is 37.5 Å².